The average molecular weight is 278 g/mol. The van der Waals surface area contributed by atoms with E-state index in [0.29, 0.717) is 12.5 Å². The van der Waals surface area contributed by atoms with Crippen LogP contribution < -0.4 is 16.0 Å². The molecule has 0 aliphatic carbocycles. The molecule has 3 amide bonds. The van der Waals surface area contributed by atoms with E-state index in [2.05, 4.69) is 10.6 Å². The molecule has 1 aromatic carbocycles. The number of rotatable bonds is 6. The monoisotopic (exact) mass is 278 g/mol. The Bertz CT molecular complexity index is 432. The molecule has 0 aromatic heterocycles. The molecule has 1 rings (SSSR count). The third-order valence-corrected chi connectivity index (χ3v) is 2.91. The lowest BCUT2D eigenvalue weighted by atomic mass is 10.1. The topological polar surface area (TPSA) is 74.8 Å². The summed E-state index contributed by atoms with van der Waals surface area (Å²) in [7, 11) is 0. The molecule has 1 aromatic rings. The smallest absolute Gasteiger partial charge is 0.321 e. The van der Waals surface area contributed by atoms with Crippen molar-refractivity contribution >= 4 is 11.9 Å². The lowest BCUT2D eigenvalue weighted by molar-refractivity contribution is -0.682. The lowest BCUT2D eigenvalue weighted by Gasteiger charge is -2.11. The molecule has 5 nitrogen and oxygen atoms in total. The second-order valence-corrected chi connectivity index (χ2v) is 5.29. The molecule has 5 heteroatoms. The Morgan fingerprint density at radius 3 is 2.40 bits per heavy atom. The molecule has 0 aliphatic heterocycles. The Balaban J connectivity index is 2.28. The van der Waals surface area contributed by atoms with E-state index < -0.39 is 6.03 Å². The van der Waals surface area contributed by atoms with Gasteiger partial charge < -0.3 is 10.6 Å². The van der Waals surface area contributed by atoms with Crippen LogP contribution in [0.5, 0.6) is 0 Å². The van der Waals surface area contributed by atoms with Gasteiger partial charge in [-0.1, -0.05) is 44.2 Å². The number of urea groups is 1. The van der Waals surface area contributed by atoms with Gasteiger partial charge in [0.2, 0.25) is 0 Å². The summed E-state index contributed by atoms with van der Waals surface area (Å²) in [6.45, 7) is 6.81. The first-order valence-electron chi connectivity index (χ1n) is 6.95. The number of nitrogens with one attached hydrogen (secondary N) is 2. The predicted octanol–water partition coefficient (Wildman–Crippen LogP) is 0.793. The normalized spacial score (nSPS) is 12.0. The van der Waals surface area contributed by atoms with Crippen molar-refractivity contribution in [2.24, 2.45) is 5.92 Å². The third kappa shape index (κ3) is 6.33. The fraction of sp³-hybridized carbons (Fsp3) is 0.467. The first-order chi connectivity index (χ1) is 9.49. The number of amides is 3. The van der Waals surface area contributed by atoms with Crippen LogP contribution in [-0.2, 0) is 4.79 Å². The van der Waals surface area contributed by atoms with Crippen molar-refractivity contribution < 1.29 is 14.9 Å². The van der Waals surface area contributed by atoms with E-state index in [9.17, 15) is 9.59 Å². The average Bonchev–Trinajstić information content (AvgIpc) is 2.43. The van der Waals surface area contributed by atoms with Gasteiger partial charge in [0.25, 0.3) is 5.91 Å². The van der Waals surface area contributed by atoms with E-state index in [1.165, 1.54) is 0 Å². The van der Waals surface area contributed by atoms with E-state index in [4.69, 9.17) is 0 Å². The molecule has 0 radical (unpaired) electrons. The maximum atomic E-state index is 11.6. The fourth-order valence-electron chi connectivity index (χ4n) is 1.70. The zero-order chi connectivity index (χ0) is 15.0. The molecule has 1 atom stereocenters. The van der Waals surface area contributed by atoms with Crippen molar-refractivity contribution in [3.8, 4) is 0 Å². The number of hydrogen-bond acceptors (Lipinski definition) is 2. The second-order valence-electron chi connectivity index (χ2n) is 5.29. The van der Waals surface area contributed by atoms with Crippen molar-refractivity contribution in [1.29, 1.82) is 0 Å². The van der Waals surface area contributed by atoms with Crippen LogP contribution in [0.15, 0.2) is 30.3 Å². The molecular weight excluding hydrogens is 254 g/mol. The van der Waals surface area contributed by atoms with Crippen LogP contribution in [0, 0.1) is 5.92 Å². The largest absolute Gasteiger partial charge is 0.338 e. The third-order valence-electron chi connectivity index (χ3n) is 2.91. The van der Waals surface area contributed by atoms with Crippen molar-refractivity contribution in [2.75, 3.05) is 13.1 Å². The maximum absolute atomic E-state index is 11.6. The molecule has 0 heterocycles. The second kappa shape index (κ2) is 8.32. The van der Waals surface area contributed by atoms with E-state index in [0.717, 1.165) is 5.56 Å². The van der Waals surface area contributed by atoms with Crippen LogP contribution in [0.1, 0.15) is 32.4 Å². The summed E-state index contributed by atoms with van der Waals surface area (Å²) in [5, 5.41) is 6.87. The van der Waals surface area contributed by atoms with E-state index in [1.54, 1.807) is 0 Å². The predicted molar refractivity (Wildman–Crippen MR) is 78.0 cm³/mol. The van der Waals surface area contributed by atoms with Crippen molar-refractivity contribution in [3.63, 3.8) is 0 Å². The Morgan fingerprint density at radius 2 is 1.80 bits per heavy atom. The number of nitrogens with two attached hydrogens (primary N) is 1. The van der Waals surface area contributed by atoms with E-state index in [1.807, 2.05) is 56.4 Å². The summed E-state index contributed by atoms with van der Waals surface area (Å²) in [5.74, 6) is 0.0783. The SMILES string of the molecule is CC(C)CNC(=O)NC(=O)C[NH2+][C@H](C)c1ccccc1. The summed E-state index contributed by atoms with van der Waals surface area (Å²) < 4.78 is 0. The zero-order valence-electron chi connectivity index (χ0n) is 12.3. The first kappa shape index (κ1) is 16.2. The molecule has 0 saturated heterocycles. The minimum Gasteiger partial charge on any atom is -0.338 e. The first-order valence-corrected chi connectivity index (χ1v) is 6.95. The maximum Gasteiger partial charge on any atom is 0.321 e. The Kier molecular flexibility index (Phi) is 6.73. The molecule has 0 fully saturated rings. The molecular formula is C15H24N3O2+. The summed E-state index contributed by atoms with van der Waals surface area (Å²) in [6.07, 6.45) is 0. The van der Waals surface area contributed by atoms with E-state index in [-0.39, 0.29) is 18.5 Å². The summed E-state index contributed by atoms with van der Waals surface area (Å²) in [5.41, 5.74) is 1.16. The highest BCUT2D eigenvalue weighted by Crippen LogP contribution is 2.05. The van der Waals surface area contributed by atoms with Crippen LogP contribution in [0.3, 0.4) is 0 Å². The quantitative estimate of drug-likeness (QED) is 0.720. The Hall–Kier alpha value is -1.88. The van der Waals surface area contributed by atoms with Crippen LogP contribution >= 0.6 is 0 Å². The van der Waals surface area contributed by atoms with Gasteiger partial charge in [0.1, 0.15) is 6.04 Å². The summed E-state index contributed by atoms with van der Waals surface area (Å²) in [6, 6.07) is 9.70. The van der Waals surface area contributed by atoms with E-state index >= 15 is 0 Å². The zero-order valence-corrected chi connectivity index (χ0v) is 12.3. The van der Waals surface area contributed by atoms with Crippen LogP contribution in [-0.4, -0.2) is 25.0 Å². The summed E-state index contributed by atoms with van der Waals surface area (Å²) >= 11 is 0. The highest BCUT2D eigenvalue weighted by Gasteiger charge is 2.13. The van der Waals surface area contributed by atoms with Gasteiger partial charge in [-0.15, -0.1) is 0 Å². The van der Waals surface area contributed by atoms with Gasteiger partial charge in [0.05, 0.1) is 0 Å². The lowest BCUT2D eigenvalue weighted by Crippen LogP contribution is -2.87. The van der Waals surface area contributed by atoms with Crippen LogP contribution in [0.4, 0.5) is 4.79 Å². The number of hydrogen-bond donors (Lipinski definition) is 3. The van der Waals surface area contributed by atoms with Crippen molar-refractivity contribution in [1.82, 2.24) is 10.6 Å². The Labute approximate surface area is 120 Å². The number of quaternary nitrogens is 1. The number of imide groups is 1. The van der Waals surface area contributed by atoms with Crippen molar-refractivity contribution in [2.45, 2.75) is 26.8 Å². The van der Waals surface area contributed by atoms with Gasteiger partial charge in [0, 0.05) is 12.1 Å². The molecule has 0 bridgehead atoms. The van der Waals surface area contributed by atoms with Gasteiger partial charge in [-0.3, -0.25) is 10.1 Å². The molecule has 4 N–H and O–H groups in total. The van der Waals surface area contributed by atoms with Gasteiger partial charge in [-0.05, 0) is 12.8 Å². The van der Waals surface area contributed by atoms with Crippen LogP contribution in [0.2, 0.25) is 0 Å². The number of carbonyl (C=O) groups excluding carboxylic acids is 2. The van der Waals surface area contributed by atoms with Gasteiger partial charge in [0.15, 0.2) is 6.54 Å². The van der Waals surface area contributed by atoms with Crippen molar-refractivity contribution in [3.05, 3.63) is 35.9 Å². The summed E-state index contributed by atoms with van der Waals surface area (Å²) in [4.78, 5) is 23.0. The van der Waals surface area contributed by atoms with Crippen LogP contribution in [0.25, 0.3) is 0 Å². The number of carbonyl (C=O) groups is 2. The highest BCUT2D eigenvalue weighted by molar-refractivity contribution is 5.94. The number of benzene rings is 1. The Morgan fingerprint density at radius 1 is 1.15 bits per heavy atom. The molecule has 0 aliphatic rings. The molecule has 20 heavy (non-hydrogen) atoms. The standard InChI is InChI=1S/C15H23N3O2/c1-11(2)9-17-15(20)18-14(19)10-16-12(3)13-7-5-4-6-8-13/h4-8,11-12,16H,9-10H2,1-3H3,(H2,17,18,19,20)/p+1/t12-/m1/s1. The fourth-order valence-corrected chi connectivity index (χ4v) is 1.70. The molecule has 0 unspecified atom stereocenters. The van der Waals surface area contributed by atoms with Gasteiger partial charge in [-0.2, -0.15) is 0 Å². The molecule has 0 saturated carbocycles. The minimum atomic E-state index is -0.426. The van der Waals surface area contributed by atoms with Gasteiger partial charge in [-0.25, -0.2) is 4.79 Å². The molecule has 0 spiro atoms. The van der Waals surface area contributed by atoms with Gasteiger partial charge >= 0.3 is 6.03 Å². The molecule has 110 valence electrons. The minimum absolute atomic E-state index is 0.181. The highest BCUT2D eigenvalue weighted by atomic mass is 16.2.